The highest BCUT2D eigenvalue weighted by atomic mass is 16.1. The van der Waals surface area contributed by atoms with Gasteiger partial charge in [-0.15, -0.1) is 0 Å². The first-order valence-electron chi connectivity index (χ1n) is 11.6. The predicted octanol–water partition coefficient (Wildman–Crippen LogP) is 5.08. The molecule has 1 aromatic rings. The van der Waals surface area contributed by atoms with Gasteiger partial charge in [0.15, 0.2) is 0 Å². The largest absolute Gasteiger partial charge is 0.353 e. The molecule has 0 saturated heterocycles. The van der Waals surface area contributed by atoms with Gasteiger partial charge in [0.1, 0.15) is 0 Å². The Morgan fingerprint density at radius 1 is 1.11 bits per heavy atom. The van der Waals surface area contributed by atoms with E-state index in [1.165, 1.54) is 44.1 Å². The monoisotopic (exact) mass is 382 g/mol. The van der Waals surface area contributed by atoms with Gasteiger partial charge < -0.3 is 11.1 Å². The number of nitrogens with one attached hydrogen (secondary N) is 1. The van der Waals surface area contributed by atoms with Crippen molar-refractivity contribution in [3.05, 3.63) is 35.9 Å². The molecular formula is C25H38N2O. The number of nitrogens with two attached hydrogens (primary N) is 1. The number of fused-ring (bicyclic) bond motifs is 2. The number of benzene rings is 1. The van der Waals surface area contributed by atoms with Gasteiger partial charge in [0.25, 0.3) is 0 Å². The lowest BCUT2D eigenvalue weighted by molar-refractivity contribution is -0.122. The van der Waals surface area contributed by atoms with E-state index in [4.69, 9.17) is 5.73 Å². The van der Waals surface area contributed by atoms with E-state index >= 15 is 0 Å². The van der Waals surface area contributed by atoms with E-state index in [9.17, 15) is 4.79 Å². The molecule has 3 saturated carbocycles. The van der Waals surface area contributed by atoms with E-state index < -0.39 is 0 Å². The molecule has 1 unspecified atom stereocenters. The van der Waals surface area contributed by atoms with Crippen molar-refractivity contribution in [3.8, 4) is 0 Å². The number of hydrogen-bond acceptors (Lipinski definition) is 2. The molecule has 3 aliphatic rings. The quantitative estimate of drug-likeness (QED) is 0.746. The zero-order valence-corrected chi connectivity index (χ0v) is 17.6. The molecule has 1 amide bonds. The Bertz CT molecular complexity index is 666. The lowest BCUT2D eigenvalue weighted by Crippen LogP contribution is -2.45. The third-order valence-electron chi connectivity index (χ3n) is 7.96. The fraction of sp³-hybridized carbons (Fsp3) is 0.720. The minimum Gasteiger partial charge on any atom is -0.353 e. The van der Waals surface area contributed by atoms with Gasteiger partial charge in [0.05, 0.1) is 0 Å². The van der Waals surface area contributed by atoms with Crippen LogP contribution in [0.5, 0.6) is 0 Å². The van der Waals surface area contributed by atoms with Gasteiger partial charge in [-0.1, -0.05) is 43.7 Å². The summed E-state index contributed by atoms with van der Waals surface area (Å²) in [5.41, 5.74) is 8.32. The van der Waals surface area contributed by atoms with Crippen LogP contribution in [0.1, 0.15) is 89.5 Å². The molecular weight excluding hydrogens is 344 g/mol. The first-order chi connectivity index (χ1) is 13.5. The Hall–Kier alpha value is -1.35. The Morgan fingerprint density at radius 2 is 1.86 bits per heavy atom. The van der Waals surface area contributed by atoms with Gasteiger partial charge in [-0.3, -0.25) is 4.79 Å². The first-order valence-corrected chi connectivity index (χ1v) is 11.6. The molecule has 3 fully saturated rings. The third-order valence-corrected chi connectivity index (χ3v) is 7.96. The molecule has 0 aliphatic heterocycles. The highest BCUT2D eigenvalue weighted by Crippen LogP contribution is 2.58. The van der Waals surface area contributed by atoms with Crippen LogP contribution in [0.3, 0.4) is 0 Å². The molecule has 2 bridgehead atoms. The third kappa shape index (κ3) is 4.45. The Balaban J connectivity index is 1.36. The first kappa shape index (κ1) is 19.9. The van der Waals surface area contributed by atoms with E-state index in [1.807, 2.05) is 0 Å². The van der Waals surface area contributed by atoms with Crippen molar-refractivity contribution in [2.45, 2.75) is 101 Å². The normalized spacial score (nSPS) is 38.0. The maximum absolute atomic E-state index is 12.6. The van der Waals surface area contributed by atoms with Crippen molar-refractivity contribution in [1.82, 2.24) is 5.32 Å². The number of rotatable bonds is 5. The number of amides is 1. The lowest BCUT2D eigenvalue weighted by atomic mass is 9.50. The SMILES string of the molecule is C[C@]12CCC[C@](c3ccccc3)(CC(CCC(=O)N[C@H]3CC[C@H](N)CC3)C1)C2. The maximum Gasteiger partial charge on any atom is 0.220 e. The van der Waals surface area contributed by atoms with Crippen molar-refractivity contribution in [2.75, 3.05) is 0 Å². The van der Waals surface area contributed by atoms with Crippen LogP contribution < -0.4 is 11.1 Å². The number of hydrogen-bond donors (Lipinski definition) is 2. The molecule has 3 aliphatic carbocycles. The van der Waals surface area contributed by atoms with Crippen LogP contribution >= 0.6 is 0 Å². The summed E-state index contributed by atoms with van der Waals surface area (Å²) in [5.74, 6) is 0.930. The Labute approximate surface area is 170 Å². The van der Waals surface area contributed by atoms with E-state index in [2.05, 4.69) is 42.6 Å². The summed E-state index contributed by atoms with van der Waals surface area (Å²) in [7, 11) is 0. The summed E-state index contributed by atoms with van der Waals surface area (Å²) < 4.78 is 0. The fourth-order valence-electron chi connectivity index (χ4n) is 6.78. The average molecular weight is 383 g/mol. The second kappa shape index (κ2) is 8.18. The van der Waals surface area contributed by atoms with Gasteiger partial charge in [0.2, 0.25) is 5.91 Å². The van der Waals surface area contributed by atoms with Gasteiger partial charge in [-0.25, -0.2) is 0 Å². The van der Waals surface area contributed by atoms with Crippen LogP contribution in [0, 0.1) is 11.3 Å². The van der Waals surface area contributed by atoms with E-state index in [0.717, 1.165) is 32.1 Å². The standard InChI is InChI=1S/C25H38N2O/c1-24-14-5-15-25(18-24,20-6-3-2-4-7-20)17-19(16-24)8-13-23(28)27-22-11-9-21(26)10-12-22/h2-4,6-7,19,21-22H,5,8-18,26H2,1H3,(H,27,28)/t19?,21-,22-,24-,25-/m0/s1. The molecule has 3 heteroatoms. The smallest absolute Gasteiger partial charge is 0.220 e. The van der Waals surface area contributed by atoms with E-state index in [-0.39, 0.29) is 5.91 Å². The van der Waals surface area contributed by atoms with Crippen molar-refractivity contribution in [3.63, 3.8) is 0 Å². The predicted molar refractivity (Wildman–Crippen MR) is 115 cm³/mol. The van der Waals surface area contributed by atoms with Crippen molar-refractivity contribution >= 4 is 5.91 Å². The minimum atomic E-state index is 0.259. The van der Waals surface area contributed by atoms with E-state index in [1.54, 1.807) is 0 Å². The zero-order chi connectivity index (χ0) is 19.6. The molecule has 154 valence electrons. The molecule has 0 radical (unpaired) electrons. The van der Waals surface area contributed by atoms with Crippen LogP contribution in [0.15, 0.2) is 30.3 Å². The molecule has 4 rings (SSSR count). The second-order valence-electron chi connectivity index (χ2n) is 10.5. The van der Waals surface area contributed by atoms with Crippen LogP contribution in [-0.2, 0) is 10.2 Å². The molecule has 0 aromatic heterocycles. The zero-order valence-electron chi connectivity index (χ0n) is 17.6. The second-order valence-corrected chi connectivity index (χ2v) is 10.5. The van der Waals surface area contributed by atoms with Crippen LogP contribution in [0.25, 0.3) is 0 Å². The highest BCUT2D eigenvalue weighted by molar-refractivity contribution is 5.76. The van der Waals surface area contributed by atoms with Crippen molar-refractivity contribution in [2.24, 2.45) is 17.1 Å². The van der Waals surface area contributed by atoms with Crippen LogP contribution in [0.2, 0.25) is 0 Å². The van der Waals surface area contributed by atoms with Crippen LogP contribution in [-0.4, -0.2) is 18.0 Å². The number of carbonyl (C=O) groups is 1. The fourth-order valence-corrected chi connectivity index (χ4v) is 6.78. The Morgan fingerprint density at radius 3 is 2.61 bits per heavy atom. The van der Waals surface area contributed by atoms with Gasteiger partial charge in [0, 0.05) is 18.5 Å². The molecule has 3 nitrogen and oxygen atoms in total. The molecule has 0 spiro atoms. The molecule has 28 heavy (non-hydrogen) atoms. The van der Waals surface area contributed by atoms with E-state index in [0.29, 0.717) is 35.3 Å². The summed E-state index contributed by atoms with van der Waals surface area (Å²) in [4.78, 5) is 12.6. The molecule has 1 aromatic carbocycles. The highest BCUT2D eigenvalue weighted by Gasteiger charge is 2.49. The Kier molecular flexibility index (Phi) is 5.83. The average Bonchev–Trinajstić information content (AvgIpc) is 2.68. The van der Waals surface area contributed by atoms with Gasteiger partial charge in [-0.05, 0) is 86.5 Å². The maximum atomic E-state index is 12.6. The molecule has 3 atom stereocenters. The van der Waals surface area contributed by atoms with Crippen LogP contribution in [0.4, 0.5) is 0 Å². The lowest BCUT2D eigenvalue weighted by Gasteiger charge is -2.54. The summed E-state index contributed by atoms with van der Waals surface area (Å²) in [6.45, 7) is 2.50. The van der Waals surface area contributed by atoms with Gasteiger partial charge in [-0.2, -0.15) is 0 Å². The summed E-state index contributed by atoms with van der Waals surface area (Å²) >= 11 is 0. The summed E-state index contributed by atoms with van der Waals surface area (Å²) in [6, 6.07) is 11.9. The van der Waals surface area contributed by atoms with Gasteiger partial charge >= 0.3 is 0 Å². The topological polar surface area (TPSA) is 55.1 Å². The molecule has 3 N–H and O–H groups in total. The van der Waals surface area contributed by atoms with Crippen molar-refractivity contribution < 1.29 is 4.79 Å². The molecule has 0 heterocycles. The summed E-state index contributed by atoms with van der Waals surface area (Å²) in [6.07, 6.45) is 13.8. The summed E-state index contributed by atoms with van der Waals surface area (Å²) in [5, 5.41) is 3.29. The minimum absolute atomic E-state index is 0.259. The number of carbonyl (C=O) groups excluding carboxylic acids is 1. The van der Waals surface area contributed by atoms with Crippen molar-refractivity contribution in [1.29, 1.82) is 0 Å².